The van der Waals surface area contributed by atoms with Crippen LogP contribution in [0.1, 0.15) is 17.1 Å². The molecule has 0 spiro atoms. The van der Waals surface area contributed by atoms with Crippen molar-refractivity contribution in [3.05, 3.63) is 52.6 Å². The average molecular weight is 265 g/mol. The van der Waals surface area contributed by atoms with Gasteiger partial charge in [0.05, 0.1) is 5.75 Å². The molecule has 4 heteroatoms. The van der Waals surface area contributed by atoms with Gasteiger partial charge in [-0.2, -0.15) is 0 Å². The monoisotopic (exact) mass is 264 g/mol. The molecule has 1 aromatic carbocycles. The summed E-state index contributed by atoms with van der Waals surface area (Å²) in [4.78, 5) is 9.77. The Balaban J connectivity index is 2.04. The minimum absolute atomic E-state index is 0.511. The lowest BCUT2D eigenvalue weighted by atomic mass is 10.2. The van der Waals surface area contributed by atoms with Crippen LogP contribution in [0.4, 0.5) is 0 Å². The number of aryl methyl sites for hydroxylation is 2. The number of nitrogens with zero attached hydrogens (tertiary/aromatic N) is 2. The Labute approximate surface area is 110 Å². The highest BCUT2D eigenvalue weighted by Crippen LogP contribution is 2.22. The van der Waals surface area contributed by atoms with Crippen molar-refractivity contribution in [1.29, 1.82) is 0 Å². The van der Waals surface area contributed by atoms with E-state index in [4.69, 9.17) is 11.6 Å². The van der Waals surface area contributed by atoms with Crippen molar-refractivity contribution in [2.24, 2.45) is 0 Å². The van der Waals surface area contributed by atoms with Crippen LogP contribution in [0.15, 0.2) is 35.2 Å². The van der Waals surface area contributed by atoms with E-state index in [1.165, 1.54) is 10.5 Å². The summed E-state index contributed by atoms with van der Waals surface area (Å²) in [5, 5.41) is 0.511. The first kappa shape index (κ1) is 12.4. The maximum absolute atomic E-state index is 5.89. The summed E-state index contributed by atoms with van der Waals surface area (Å²) in [5.74, 6) is 1.52. The first-order valence-corrected chi connectivity index (χ1v) is 6.69. The maximum Gasteiger partial charge on any atom is 0.140 e. The summed E-state index contributed by atoms with van der Waals surface area (Å²) in [7, 11) is 0. The van der Waals surface area contributed by atoms with E-state index in [2.05, 4.69) is 41.2 Å². The molecule has 2 rings (SSSR count). The van der Waals surface area contributed by atoms with E-state index in [1.807, 2.05) is 6.92 Å². The van der Waals surface area contributed by atoms with E-state index in [1.54, 1.807) is 17.8 Å². The lowest BCUT2D eigenvalue weighted by Gasteiger charge is -2.03. The third-order valence-corrected chi connectivity index (χ3v) is 3.46. The molecule has 2 aromatic rings. The molecule has 17 heavy (non-hydrogen) atoms. The number of benzene rings is 1. The second-order valence-electron chi connectivity index (χ2n) is 3.85. The van der Waals surface area contributed by atoms with Crippen LogP contribution in [0.2, 0.25) is 5.15 Å². The van der Waals surface area contributed by atoms with Gasteiger partial charge in [0.15, 0.2) is 0 Å². The summed E-state index contributed by atoms with van der Waals surface area (Å²) in [5.41, 5.74) is 2.17. The van der Waals surface area contributed by atoms with Gasteiger partial charge in [-0.1, -0.05) is 29.3 Å². The summed E-state index contributed by atoms with van der Waals surface area (Å²) in [6.07, 6.45) is 0. The van der Waals surface area contributed by atoms with Gasteiger partial charge in [-0.3, -0.25) is 0 Å². The fraction of sp³-hybridized carbons (Fsp3) is 0.231. The maximum atomic E-state index is 5.89. The number of halogens is 1. The molecule has 0 saturated heterocycles. The quantitative estimate of drug-likeness (QED) is 0.618. The Bertz CT molecular complexity index is 491. The van der Waals surface area contributed by atoms with Gasteiger partial charge in [0.25, 0.3) is 0 Å². The van der Waals surface area contributed by atoms with Crippen molar-refractivity contribution >= 4 is 23.4 Å². The summed E-state index contributed by atoms with van der Waals surface area (Å²) in [6.45, 7) is 4.01. The second-order valence-corrected chi connectivity index (χ2v) is 5.29. The number of hydrogen-bond acceptors (Lipinski definition) is 3. The number of rotatable bonds is 3. The first-order valence-electron chi connectivity index (χ1n) is 5.33. The van der Waals surface area contributed by atoms with E-state index >= 15 is 0 Å². The van der Waals surface area contributed by atoms with E-state index in [-0.39, 0.29) is 0 Å². The Morgan fingerprint density at radius 1 is 1.12 bits per heavy atom. The molecule has 0 aliphatic rings. The SMILES string of the molecule is Cc1ccc(SCc2nc(C)cc(Cl)n2)cc1. The van der Waals surface area contributed by atoms with Gasteiger partial charge in [0, 0.05) is 10.6 Å². The molecule has 1 aromatic heterocycles. The summed E-state index contributed by atoms with van der Waals surface area (Å²) >= 11 is 7.61. The molecule has 0 radical (unpaired) electrons. The van der Waals surface area contributed by atoms with Gasteiger partial charge in [-0.25, -0.2) is 9.97 Å². The van der Waals surface area contributed by atoms with Gasteiger partial charge in [-0.05, 0) is 32.0 Å². The molecule has 0 atom stereocenters. The molecule has 0 amide bonds. The highest BCUT2D eigenvalue weighted by atomic mass is 35.5. The predicted molar refractivity (Wildman–Crippen MR) is 72.5 cm³/mol. The first-order chi connectivity index (χ1) is 8.13. The standard InChI is InChI=1S/C13H13ClN2S/c1-9-3-5-11(6-4-9)17-8-13-15-10(2)7-12(14)16-13/h3-7H,8H2,1-2H3. The number of hydrogen-bond donors (Lipinski definition) is 0. The fourth-order valence-electron chi connectivity index (χ4n) is 1.44. The molecule has 88 valence electrons. The third-order valence-electron chi connectivity index (χ3n) is 2.26. The van der Waals surface area contributed by atoms with Crippen molar-refractivity contribution in [3.63, 3.8) is 0 Å². The average Bonchev–Trinajstić information content (AvgIpc) is 2.27. The van der Waals surface area contributed by atoms with Gasteiger partial charge in [0.2, 0.25) is 0 Å². The zero-order valence-corrected chi connectivity index (χ0v) is 11.3. The van der Waals surface area contributed by atoms with Gasteiger partial charge < -0.3 is 0 Å². The summed E-state index contributed by atoms with van der Waals surface area (Å²) in [6, 6.07) is 10.2. The lowest BCUT2D eigenvalue weighted by Crippen LogP contribution is -1.95. The van der Waals surface area contributed by atoms with Gasteiger partial charge in [0.1, 0.15) is 11.0 Å². The van der Waals surface area contributed by atoms with E-state index in [0.29, 0.717) is 5.15 Å². The topological polar surface area (TPSA) is 25.8 Å². The molecule has 0 aliphatic carbocycles. The van der Waals surface area contributed by atoms with E-state index in [9.17, 15) is 0 Å². The van der Waals surface area contributed by atoms with Crippen LogP contribution in [0, 0.1) is 13.8 Å². The van der Waals surface area contributed by atoms with Crippen molar-refractivity contribution in [2.45, 2.75) is 24.5 Å². The third kappa shape index (κ3) is 3.72. The molecule has 0 saturated carbocycles. The van der Waals surface area contributed by atoms with Crippen molar-refractivity contribution in [1.82, 2.24) is 9.97 Å². The van der Waals surface area contributed by atoms with Crippen LogP contribution in [-0.4, -0.2) is 9.97 Å². The zero-order valence-electron chi connectivity index (χ0n) is 9.77. The summed E-state index contributed by atoms with van der Waals surface area (Å²) < 4.78 is 0. The lowest BCUT2D eigenvalue weighted by molar-refractivity contribution is 0.996. The minimum Gasteiger partial charge on any atom is -0.237 e. The van der Waals surface area contributed by atoms with Crippen LogP contribution in [0.3, 0.4) is 0 Å². The predicted octanol–water partition coefficient (Wildman–Crippen LogP) is 4.04. The Morgan fingerprint density at radius 2 is 1.82 bits per heavy atom. The zero-order chi connectivity index (χ0) is 12.3. The molecular weight excluding hydrogens is 252 g/mol. The highest BCUT2D eigenvalue weighted by Gasteiger charge is 2.02. The number of aromatic nitrogens is 2. The number of thioether (sulfide) groups is 1. The van der Waals surface area contributed by atoms with Crippen LogP contribution < -0.4 is 0 Å². The smallest absolute Gasteiger partial charge is 0.140 e. The van der Waals surface area contributed by atoms with Crippen LogP contribution in [-0.2, 0) is 5.75 Å². The second kappa shape index (κ2) is 5.52. The van der Waals surface area contributed by atoms with Crippen LogP contribution in [0.5, 0.6) is 0 Å². The van der Waals surface area contributed by atoms with Crippen LogP contribution in [0.25, 0.3) is 0 Å². The molecule has 0 unspecified atom stereocenters. The highest BCUT2D eigenvalue weighted by molar-refractivity contribution is 7.98. The Morgan fingerprint density at radius 3 is 2.47 bits per heavy atom. The van der Waals surface area contributed by atoms with E-state index < -0.39 is 0 Å². The van der Waals surface area contributed by atoms with Crippen LogP contribution >= 0.6 is 23.4 Å². The Hall–Kier alpha value is -1.06. The molecule has 0 fully saturated rings. The normalized spacial score (nSPS) is 10.5. The molecule has 0 bridgehead atoms. The molecule has 1 heterocycles. The Kier molecular flexibility index (Phi) is 4.02. The van der Waals surface area contributed by atoms with Crippen molar-refractivity contribution in [2.75, 3.05) is 0 Å². The van der Waals surface area contributed by atoms with Crippen molar-refractivity contribution < 1.29 is 0 Å². The fourth-order valence-corrected chi connectivity index (χ4v) is 2.44. The molecular formula is C13H13ClN2S. The molecule has 0 N–H and O–H groups in total. The molecule has 0 aliphatic heterocycles. The minimum atomic E-state index is 0.511. The largest absolute Gasteiger partial charge is 0.237 e. The van der Waals surface area contributed by atoms with Gasteiger partial charge in [-0.15, -0.1) is 11.8 Å². The van der Waals surface area contributed by atoms with Crippen molar-refractivity contribution in [3.8, 4) is 0 Å². The van der Waals surface area contributed by atoms with Gasteiger partial charge >= 0.3 is 0 Å². The van der Waals surface area contributed by atoms with E-state index in [0.717, 1.165) is 17.3 Å². The molecule has 2 nitrogen and oxygen atoms in total.